The number of likely N-dealkylation sites (tertiary alicyclic amines) is 1. The first kappa shape index (κ1) is 27.8. The van der Waals surface area contributed by atoms with Gasteiger partial charge in [0.1, 0.15) is 17.7 Å². The maximum Gasteiger partial charge on any atom is 0.303 e. The Labute approximate surface area is 226 Å². The lowest BCUT2D eigenvalue weighted by Gasteiger charge is -2.38. The van der Waals surface area contributed by atoms with Crippen molar-refractivity contribution in [2.45, 2.75) is 38.3 Å². The number of hydrogen-bond acceptors (Lipinski definition) is 4. The summed E-state index contributed by atoms with van der Waals surface area (Å²) in [5.41, 5.74) is 1.97. The first-order valence-electron chi connectivity index (χ1n) is 12.8. The molecule has 2 aromatic carbocycles. The van der Waals surface area contributed by atoms with E-state index in [0.717, 1.165) is 23.9 Å². The highest BCUT2D eigenvalue weighted by atomic mass is 35.5. The van der Waals surface area contributed by atoms with Crippen LogP contribution in [0.15, 0.2) is 48.7 Å². The fraction of sp³-hybridized carbons (Fsp3) is 0.400. The lowest BCUT2D eigenvalue weighted by molar-refractivity contribution is -0.137. The highest BCUT2D eigenvalue weighted by Gasteiger charge is 2.30. The van der Waals surface area contributed by atoms with Crippen LogP contribution in [0.3, 0.4) is 0 Å². The van der Waals surface area contributed by atoms with Crippen LogP contribution in [-0.2, 0) is 4.79 Å². The van der Waals surface area contributed by atoms with Crippen molar-refractivity contribution in [3.05, 3.63) is 70.6 Å². The molecule has 0 bridgehead atoms. The maximum atomic E-state index is 15.5. The third kappa shape index (κ3) is 7.21. The van der Waals surface area contributed by atoms with Gasteiger partial charge in [0.15, 0.2) is 0 Å². The van der Waals surface area contributed by atoms with Gasteiger partial charge in [-0.2, -0.15) is 0 Å². The molecule has 1 saturated heterocycles. The van der Waals surface area contributed by atoms with E-state index < -0.39 is 18.0 Å². The number of aromatic nitrogens is 1. The number of aliphatic carboxylic acids is 1. The van der Waals surface area contributed by atoms with Crippen LogP contribution in [0.4, 0.5) is 8.78 Å². The van der Waals surface area contributed by atoms with Crippen LogP contribution < -0.4 is 4.74 Å². The van der Waals surface area contributed by atoms with Crippen molar-refractivity contribution < 1.29 is 23.4 Å². The fourth-order valence-corrected chi connectivity index (χ4v) is 5.39. The number of alkyl halides is 1. The van der Waals surface area contributed by atoms with E-state index in [1.165, 1.54) is 12.1 Å². The molecule has 5 nitrogen and oxygen atoms in total. The summed E-state index contributed by atoms with van der Waals surface area (Å²) < 4.78 is 34.2. The molecule has 1 aliphatic rings. The number of piperidine rings is 1. The van der Waals surface area contributed by atoms with Gasteiger partial charge in [-0.05, 0) is 92.1 Å². The van der Waals surface area contributed by atoms with Crippen molar-refractivity contribution in [2.24, 2.45) is 11.8 Å². The largest absolute Gasteiger partial charge is 0.497 e. The van der Waals surface area contributed by atoms with E-state index in [1.807, 2.05) is 18.2 Å². The molecular formula is C30H31ClF2N2O3. The van der Waals surface area contributed by atoms with E-state index in [0.29, 0.717) is 49.2 Å². The van der Waals surface area contributed by atoms with Crippen molar-refractivity contribution in [1.29, 1.82) is 0 Å². The highest BCUT2D eigenvalue weighted by Crippen LogP contribution is 2.36. The van der Waals surface area contributed by atoms with E-state index >= 15 is 4.39 Å². The first-order chi connectivity index (χ1) is 18.3. The zero-order valence-corrected chi connectivity index (χ0v) is 22.1. The third-order valence-corrected chi connectivity index (χ3v) is 7.56. The van der Waals surface area contributed by atoms with Gasteiger partial charge in [-0.1, -0.05) is 23.4 Å². The van der Waals surface area contributed by atoms with Crippen LogP contribution in [0.25, 0.3) is 10.9 Å². The SMILES string of the molecule is COc1ccc2nccc(C(F)CC[C@@H]3CCN(CC#Cc4ccc(F)c(Cl)c4)C[C@@H]3CCC(=O)O)c2c1. The summed E-state index contributed by atoms with van der Waals surface area (Å²) in [6.07, 6.45) is 2.99. The molecule has 1 unspecified atom stereocenters. The summed E-state index contributed by atoms with van der Waals surface area (Å²) in [5.74, 6) is 5.86. The van der Waals surface area contributed by atoms with Gasteiger partial charge in [0, 0.05) is 30.1 Å². The van der Waals surface area contributed by atoms with E-state index in [4.69, 9.17) is 16.3 Å². The van der Waals surface area contributed by atoms with Gasteiger partial charge >= 0.3 is 5.97 Å². The molecule has 0 amide bonds. The minimum atomic E-state index is -1.15. The van der Waals surface area contributed by atoms with E-state index in [2.05, 4.69) is 21.7 Å². The molecule has 1 N–H and O–H groups in total. The van der Waals surface area contributed by atoms with Crippen LogP contribution in [-0.4, -0.2) is 47.7 Å². The molecule has 3 aromatic rings. The molecule has 4 rings (SSSR count). The highest BCUT2D eigenvalue weighted by molar-refractivity contribution is 6.30. The van der Waals surface area contributed by atoms with Crippen LogP contribution in [0.5, 0.6) is 5.75 Å². The summed E-state index contributed by atoms with van der Waals surface area (Å²) >= 11 is 5.83. The number of ether oxygens (including phenoxy) is 1. The van der Waals surface area contributed by atoms with E-state index in [-0.39, 0.29) is 23.3 Å². The molecular weight excluding hydrogens is 510 g/mol. The summed E-state index contributed by atoms with van der Waals surface area (Å²) in [6, 6.07) is 11.6. The molecule has 3 atom stereocenters. The van der Waals surface area contributed by atoms with Crippen molar-refractivity contribution in [1.82, 2.24) is 9.88 Å². The molecule has 0 radical (unpaired) electrons. The monoisotopic (exact) mass is 540 g/mol. The van der Waals surface area contributed by atoms with E-state index in [1.54, 1.807) is 25.4 Å². The number of carboxylic acids is 1. The number of methoxy groups -OCH3 is 1. The molecule has 0 spiro atoms. The maximum absolute atomic E-state index is 15.5. The summed E-state index contributed by atoms with van der Waals surface area (Å²) in [5, 5.41) is 10.1. The van der Waals surface area contributed by atoms with Crippen LogP contribution in [0, 0.1) is 29.5 Å². The van der Waals surface area contributed by atoms with Crippen LogP contribution in [0.1, 0.15) is 49.4 Å². The number of pyridine rings is 1. The lowest BCUT2D eigenvalue weighted by atomic mass is 9.79. The zero-order chi connectivity index (χ0) is 27.1. The molecule has 38 heavy (non-hydrogen) atoms. The molecule has 0 saturated carbocycles. The van der Waals surface area contributed by atoms with Crippen LogP contribution >= 0.6 is 11.6 Å². The third-order valence-electron chi connectivity index (χ3n) is 7.27. The average molecular weight is 541 g/mol. The predicted octanol–water partition coefficient (Wildman–Crippen LogP) is 6.68. The van der Waals surface area contributed by atoms with Crippen molar-refractivity contribution in [3.63, 3.8) is 0 Å². The second-order valence-corrected chi connectivity index (χ2v) is 10.1. The number of hydrogen-bond donors (Lipinski definition) is 1. The van der Waals surface area contributed by atoms with Crippen molar-refractivity contribution in [3.8, 4) is 17.6 Å². The minimum Gasteiger partial charge on any atom is -0.497 e. The van der Waals surface area contributed by atoms with Gasteiger partial charge < -0.3 is 9.84 Å². The van der Waals surface area contributed by atoms with Crippen molar-refractivity contribution in [2.75, 3.05) is 26.7 Å². The smallest absolute Gasteiger partial charge is 0.303 e. The standard InChI is InChI=1S/C30H31ClF2N2O3/c1-38-23-7-10-29-25(18-23)24(12-14-34-29)27(32)9-5-21-13-16-35(19-22(21)6-11-30(36)37)15-2-3-20-4-8-28(33)26(31)17-20/h4,7-8,10,12,14,17-18,21-22,27H,5-6,9,11,13,15-16,19H2,1H3,(H,36,37)/t21-,22+,27?/m1/s1. The molecule has 1 fully saturated rings. The second-order valence-electron chi connectivity index (χ2n) is 9.74. The van der Waals surface area contributed by atoms with Crippen molar-refractivity contribution >= 4 is 28.5 Å². The number of halogens is 3. The van der Waals surface area contributed by atoms with Gasteiger partial charge in [-0.3, -0.25) is 14.7 Å². The Morgan fingerprint density at radius 3 is 2.84 bits per heavy atom. The number of nitrogens with zero attached hydrogens (tertiary/aromatic N) is 2. The van der Waals surface area contributed by atoms with Gasteiger partial charge in [-0.15, -0.1) is 0 Å². The summed E-state index contributed by atoms with van der Waals surface area (Å²) in [7, 11) is 1.58. The number of rotatable bonds is 9. The Kier molecular flexibility index (Phi) is 9.54. The minimum absolute atomic E-state index is 0.0383. The van der Waals surface area contributed by atoms with Gasteiger partial charge in [-0.25, -0.2) is 8.78 Å². The molecule has 200 valence electrons. The molecule has 1 aromatic heterocycles. The van der Waals surface area contributed by atoms with Gasteiger partial charge in [0.05, 0.1) is 24.2 Å². The zero-order valence-electron chi connectivity index (χ0n) is 21.3. The molecule has 8 heteroatoms. The lowest BCUT2D eigenvalue weighted by Crippen LogP contribution is -2.41. The number of benzene rings is 2. The normalized spacial score (nSPS) is 18.5. The number of carbonyl (C=O) groups is 1. The Morgan fingerprint density at radius 1 is 1.24 bits per heavy atom. The summed E-state index contributed by atoms with van der Waals surface area (Å²) in [4.78, 5) is 17.8. The fourth-order valence-electron chi connectivity index (χ4n) is 5.21. The van der Waals surface area contributed by atoms with Crippen LogP contribution in [0.2, 0.25) is 5.02 Å². The first-order valence-corrected chi connectivity index (χ1v) is 13.2. The number of fused-ring (bicyclic) bond motifs is 1. The van der Waals surface area contributed by atoms with Gasteiger partial charge in [0.25, 0.3) is 0 Å². The summed E-state index contributed by atoms with van der Waals surface area (Å²) in [6.45, 7) is 2.03. The molecule has 2 heterocycles. The average Bonchev–Trinajstić information content (AvgIpc) is 2.92. The van der Waals surface area contributed by atoms with Gasteiger partial charge in [0.2, 0.25) is 0 Å². The molecule has 0 aliphatic carbocycles. The Balaban J connectivity index is 1.39. The predicted molar refractivity (Wildman–Crippen MR) is 145 cm³/mol. The Hall–Kier alpha value is -3.21. The topological polar surface area (TPSA) is 62.7 Å². The molecule has 1 aliphatic heterocycles. The Morgan fingerprint density at radius 2 is 2.08 bits per heavy atom. The number of carboxylic acid groups (broad SMARTS) is 1. The second kappa shape index (κ2) is 13.0. The Bertz CT molecular complexity index is 1340. The quantitative estimate of drug-likeness (QED) is 0.307. The van der Waals surface area contributed by atoms with E-state index in [9.17, 15) is 14.3 Å².